The molecule has 0 aromatic carbocycles. The lowest BCUT2D eigenvalue weighted by Crippen LogP contribution is -2.53. The molecule has 8 heterocycles. The van der Waals surface area contributed by atoms with E-state index in [4.69, 9.17) is 0 Å². The molecule has 8 aliphatic rings. The molecule has 0 saturated carbocycles. The molecule has 10 heteroatoms. The van der Waals surface area contributed by atoms with Crippen molar-refractivity contribution in [2.24, 2.45) is 100 Å². The molecule has 10 nitrogen and oxygen atoms in total. The molecule has 130 heavy (non-hydrogen) atoms. The van der Waals surface area contributed by atoms with Crippen molar-refractivity contribution in [3.8, 4) is 0 Å². The van der Waals surface area contributed by atoms with Crippen LogP contribution >= 0.6 is 0 Å². The molecule has 2 N–H and O–H groups in total. The van der Waals surface area contributed by atoms with E-state index in [2.05, 4.69) is 382 Å². The third-order valence-electron chi connectivity index (χ3n) is 30.5. The van der Waals surface area contributed by atoms with Crippen LogP contribution in [0.25, 0.3) is 0 Å². The van der Waals surface area contributed by atoms with E-state index in [0.717, 1.165) is 48.1 Å². The maximum Gasteiger partial charge on any atom is 0.0125 e. The van der Waals surface area contributed by atoms with Crippen molar-refractivity contribution < 1.29 is 0 Å². The minimum atomic E-state index is 0.259. The second-order valence-corrected chi connectivity index (χ2v) is 62.0. The summed E-state index contributed by atoms with van der Waals surface area (Å²) in [4.78, 5) is 21.0. The molecule has 0 unspecified atom stereocenters. The normalized spacial score (nSPS) is 20.3. The predicted octanol–water partition coefficient (Wildman–Crippen LogP) is 31.9. The summed E-state index contributed by atoms with van der Waals surface area (Å²) in [6, 6.07) is 1.45. The molecule has 0 aliphatic carbocycles. The lowest BCUT2D eigenvalue weighted by molar-refractivity contribution is 0.0223. The molecule has 8 saturated heterocycles. The molecule has 0 bridgehead atoms. The van der Waals surface area contributed by atoms with E-state index in [1.807, 2.05) is 0 Å². The van der Waals surface area contributed by atoms with Crippen molar-refractivity contribution in [1.29, 1.82) is 0 Å². The first kappa shape index (κ1) is 128. The van der Waals surface area contributed by atoms with Crippen LogP contribution in [0.4, 0.5) is 0 Å². The molecule has 0 aromatic rings. The van der Waals surface area contributed by atoms with Gasteiger partial charge in [0.05, 0.1) is 0 Å². The van der Waals surface area contributed by atoms with E-state index in [1.165, 1.54) is 304 Å². The van der Waals surface area contributed by atoms with Gasteiger partial charge in [-0.2, -0.15) is 0 Å². The molecule has 8 rings (SSSR count). The molecule has 0 atom stereocenters. The van der Waals surface area contributed by atoms with Gasteiger partial charge in [-0.1, -0.05) is 313 Å². The zero-order valence-electron chi connectivity index (χ0n) is 99.1. The molecular weight excluding hydrogens is 1580 g/mol. The third-order valence-corrected chi connectivity index (χ3v) is 30.5. The number of nitrogens with zero attached hydrogens (tertiary/aromatic N) is 8. The van der Waals surface area contributed by atoms with Crippen LogP contribution in [0.2, 0.25) is 0 Å². The molecule has 0 spiro atoms. The van der Waals surface area contributed by atoms with Crippen LogP contribution in [0.3, 0.4) is 0 Å². The minimum Gasteiger partial charge on any atom is -0.313 e. The molecule has 0 aromatic heterocycles. The van der Waals surface area contributed by atoms with Crippen molar-refractivity contribution in [3.05, 3.63) is 0 Å². The third kappa shape index (κ3) is 63.4. The Morgan fingerprint density at radius 3 is 0.592 bits per heavy atom. The lowest BCUT2D eigenvalue weighted by atomic mass is 9.75. The molecular formula is C120H250N10. The Hall–Kier alpha value is -0.400. The van der Waals surface area contributed by atoms with Crippen LogP contribution in [-0.2, 0) is 0 Å². The molecule has 0 radical (unpaired) electrons. The number of hydrogen-bond donors (Lipinski definition) is 2. The highest BCUT2D eigenvalue weighted by atomic mass is 15.2. The van der Waals surface area contributed by atoms with Gasteiger partial charge in [-0.25, -0.2) is 0 Å². The maximum atomic E-state index is 3.71. The van der Waals surface area contributed by atoms with Gasteiger partial charge in [-0.3, -0.25) is 14.7 Å². The number of piperidine rings is 3. The van der Waals surface area contributed by atoms with E-state index in [-0.39, 0.29) is 5.54 Å². The van der Waals surface area contributed by atoms with Crippen LogP contribution in [0.15, 0.2) is 0 Å². The van der Waals surface area contributed by atoms with Crippen LogP contribution in [0, 0.1) is 100 Å². The quantitative estimate of drug-likeness (QED) is 0.0741. The number of nitrogens with one attached hydrogen (secondary N) is 2. The van der Waals surface area contributed by atoms with Gasteiger partial charge in [0.1, 0.15) is 0 Å². The summed E-state index contributed by atoms with van der Waals surface area (Å²) in [7, 11) is 0. The van der Waals surface area contributed by atoms with Crippen molar-refractivity contribution in [1.82, 2.24) is 49.8 Å². The second kappa shape index (κ2) is 55.9. The fourth-order valence-electron chi connectivity index (χ4n) is 19.3. The first-order chi connectivity index (χ1) is 58.5. The summed E-state index contributed by atoms with van der Waals surface area (Å²) in [5.41, 5.74) is 7.39. The van der Waals surface area contributed by atoms with Gasteiger partial charge >= 0.3 is 0 Å². The Bertz CT molecular complexity index is 2770. The van der Waals surface area contributed by atoms with Crippen LogP contribution < -0.4 is 10.6 Å². The first-order valence-electron chi connectivity index (χ1n) is 55.9. The molecule has 8 aliphatic heterocycles. The van der Waals surface area contributed by atoms with E-state index in [1.54, 1.807) is 0 Å². The number of rotatable bonds is 28. The van der Waals surface area contributed by atoms with Crippen molar-refractivity contribution in [3.63, 3.8) is 0 Å². The summed E-state index contributed by atoms with van der Waals surface area (Å²) in [6.45, 7) is 141. The highest BCUT2D eigenvalue weighted by Crippen LogP contribution is 2.41. The fourth-order valence-corrected chi connectivity index (χ4v) is 19.3. The molecule has 8 fully saturated rings. The monoisotopic (exact) mass is 1830 g/mol. The number of hydrogen-bond acceptors (Lipinski definition) is 10. The van der Waals surface area contributed by atoms with E-state index < -0.39 is 0 Å². The lowest BCUT2D eigenvalue weighted by Gasteiger charge is -2.46. The van der Waals surface area contributed by atoms with Gasteiger partial charge in [-0.05, 0) is 332 Å². The summed E-state index contributed by atoms with van der Waals surface area (Å²) < 4.78 is 0. The topological polar surface area (TPSA) is 50.0 Å². The highest BCUT2D eigenvalue weighted by molar-refractivity contribution is 4.95. The summed E-state index contributed by atoms with van der Waals surface area (Å²) in [5.74, 6) is 5.55. The summed E-state index contributed by atoms with van der Waals surface area (Å²) in [6.07, 6.45) is 35.9. The van der Waals surface area contributed by atoms with Gasteiger partial charge < -0.3 is 35.1 Å². The maximum absolute atomic E-state index is 3.71. The second-order valence-electron chi connectivity index (χ2n) is 62.0. The average Bonchev–Trinajstić information content (AvgIpc) is 0.785. The van der Waals surface area contributed by atoms with Crippen LogP contribution in [0.5, 0.6) is 0 Å². The molecule has 780 valence electrons. The van der Waals surface area contributed by atoms with Gasteiger partial charge in [-0.15, -0.1) is 0 Å². The zero-order valence-corrected chi connectivity index (χ0v) is 99.1. The van der Waals surface area contributed by atoms with Crippen LogP contribution in [0.1, 0.15) is 499 Å². The van der Waals surface area contributed by atoms with E-state index >= 15 is 0 Å². The smallest absolute Gasteiger partial charge is 0.0125 e. The van der Waals surface area contributed by atoms with Crippen molar-refractivity contribution >= 4 is 0 Å². The van der Waals surface area contributed by atoms with Crippen molar-refractivity contribution in [2.75, 3.05) is 144 Å². The van der Waals surface area contributed by atoms with Gasteiger partial charge in [0, 0.05) is 132 Å². The SMILES string of the molecule is CC(C)(C)C1CCN(C(C)(C)C)CC1.CC(C)(C)CCCCCCCN1CC(C(C)(C)C)C1.CC(C)(C)CCCCCCN1CC(C(C)(C)C)C1.CC(C)(C)CCCCCN1CC(C(C)(C)C)C1.CC(C)(C)CCCCN1CC(C(C)(C)C)C1.CC(C)(C)CCCN1CC(C(C)(C)C)C1.CC(C)(C)CNC1CCN(C(C)(C)C)CC1.CC(C)(C)NC1CCN(C(C)(C)C)CC1. The summed E-state index contributed by atoms with van der Waals surface area (Å²) in [5, 5.41) is 7.41. The highest BCUT2D eigenvalue weighted by Gasteiger charge is 2.41. The Kier molecular flexibility index (Phi) is 54.8. The van der Waals surface area contributed by atoms with Crippen molar-refractivity contribution in [2.45, 2.75) is 534 Å². The minimum absolute atomic E-state index is 0.259. The Morgan fingerprint density at radius 1 is 0.192 bits per heavy atom. The summed E-state index contributed by atoms with van der Waals surface area (Å²) >= 11 is 0. The average molecular weight is 1830 g/mol. The molecule has 0 amide bonds. The predicted molar refractivity (Wildman–Crippen MR) is 589 cm³/mol. The largest absolute Gasteiger partial charge is 0.313 e. The fraction of sp³-hybridized carbons (Fsp3) is 1.00. The Balaban J connectivity index is 0.000000744. The Labute approximate surface area is 822 Å². The Morgan fingerprint density at radius 2 is 0.377 bits per heavy atom. The zero-order chi connectivity index (χ0) is 101. The van der Waals surface area contributed by atoms with Crippen LogP contribution in [-0.4, -0.2) is 217 Å². The van der Waals surface area contributed by atoms with E-state index in [9.17, 15) is 0 Å². The van der Waals surface area contributed by atoms with Gasteiger partial charge in [0.2, 0.25) is 0 Å². The standard InChI is InChI=1S/C18H37N.C17H35N.C16H33N.C15H31N.C14H30N2.C14H29N.C13H28N2.C13H27N/c1-17(2,3)12-10-8-7-9-11-13-19-14-16(15-19)18(4,5)6;1-16(2,3)11-9-7-8-10-12-18-13-15(14-18)17(4,5)6;1-15(2,3)10-8-7-9-11-17-12-14(13-17)16(4,5)6;1-14(2,3)9-7-8-10-16-11-13(12-16)15(4,5)6;1-13(2,3)11-15-12-7-9-16(10-8-12)14(4,5)6;1-13(2,3)8-7-9-15-10-12(11-15)14(4,5)6;1-12(2,3)14-11-7-9-15(10-8-11)13(4,5)6;1-12(2,3)11-7-9-14(10-8-11)13(4,5)6/h16H,7-15H2,1-6H3;15H,7-14H2,1-6H3;14H,7-13H2,1-6H3;13H,7-12H2,1-6H3;12,15H,7-11H2,1-6H3;12H,7-11H2,1-6H3;11,14H,7-10H2,1-6H3;11H,7-10H2,1-6H3. The van der Waals surface area contributed by atoms with E-state index in [0.29, 0.717) is 87.6 Å². The number of unbranched alkanes of at least 4 members (excludes halogenated alkanes) is 10. The van der Waals surface area contributed by atoms with Gasteiger partial charge in [0.15, 0.2) is 0 Å². The van der Waals surface area contributed by atoms with Gasteiger partial charge in [0.25, 0.3) is 0 Å². The first-order valence-corrected chi connectivity index (χ1v) is 55.9. The number of likely N-dealkylation sites (tertiary alicyclic amines) is 8.